The minimum Gasteiger partial charge on any atom is -0.480 e. The van der Waals surface area contributed by atoms with Gasteiger partial charge in [-0.1, -0.05) is 13.8 Å². The quantitative estimate of drug-likeness (QED) is 0.921. The van der Waals surface area contributed by atoms with Gasteiger partial charge in [-0.15, -0.1) is 0 Å². The summed E-state index contributed by atoms with van der Waals surface area (Å²) in [5, 5.41) is 9.60. The second-order valence-electron chi connectivity index (χ2n) is 6.58. The molecule has 2 rings (SSSR count). The molecule has 6 nitrogen and oxygen atoms in total. The maximum absolute atomic E-state index is 12.6. The molecule has 1 aromatic heterocycles. The van der Waals surface area contributed by atoms with E-state index in [1.165, 1.54) is 0 Å². The fraction of sp³-hybridized carbons (Fsp3) is 0.667. The summed E-state index contributed by atoms with van der Waals surface area (Å²) in [5.41, 5.74) is -0.618. The number of carbonyl (C=O) groups is 1. The van der Waals surface area contributed by atoms with Gasteiger partial charge in [0.15, 0.2) is 5.82 Å². The average Bonchev–Trinajstić information content (AvgIpc) is 2.36. The standard InChI is InChI=1S/C15H23N3O3/c1-10(2)17-9-7-16-12(13(17)19)18-8-5-6-15(3,4)11(18)14(20)21/h7,9-11H,5-6,8H2,1-4H3,(H,20,21). The van der Waals surface area contributed by atoms with E-state index in [0.29, 0.717) is 6.54 Å². The fourth-order valence-electron chi connectivity index (χ4n) is 3.11. The molecule has 21 heavy (non-hydrogen) atoms. The lowest BCUT2D eigenvalue weighted by Crippen LogP contribution is -2.56. The van der Waals surface area contributed by atoms with E-state index in [1.54, 1.807) is 21.9 Å². The molecule has 116 valence electrons. The van der Waals surface area contributed by atoms with Crippen molar-refractivity contribution in [2.45, 2.75) is 52.6 Å². The minimum absolute atomic E-state index is 0.0142. The van der Waals surface area contributed by atoms with Crippen LogP contribution >= 0.6 is 0 Å². The van der Waals surface area contributed by atoms with Crippen LogP contribution < -0.4 is 10.5 Å². The maximum Gasteiger partial charge on any atom is 0.326 e. The fourth-order valence-corrected chi connectivity index (χ4v) is 3.11. The van der Waals surface area contributed by atoms with Gasteiger partial charge in [0.05, 0.1) is 0 Å². The highest BCUT2D eigenvalue weighted by atomic mass is 16.4. The molecular formula is C15H23N3O3. The summed E-state index contributed by atoms with van der Waals surface area (Å²) in [5.74, 6) is -0.660. The Morgan fingerprint density at radius 2 is 2.14 bits per heavy atom. The minimum atomic E-state index is -0.902. The predicted molar refractivity (Wildman–Crippen MR) is 80.7 cm³/mol. The zero-order chi connectivity index (χ0) is 15.8. The van der Waals surface area contributed by atoms with E-state index in [-0.39, 0.29) is 17.4 Å². The van der Waals surface area contributed by atoms with Gasteiger partial charge >= 0.3 is 5.97 Å². The molecule has 1 fully saturated rings. The molecule has 0 bridgehead atoms. The molecule has 6 heteroatoms. The Morgan fingerprint density at radius 3 is 2.71 bits per heavy atom. The lowest BCUT2D eigenvalue weighted by Gasteiger charge is -2.44. The number of carboxylic acids is 1. The van der Waals surface area contributed by atoms with Gasteiger partial charge in [0, 0.05) is 25.0 Å². The molecule has 1 unspecified atom stereocenters. The molecule has 2 heterocycles. The Balaban J connectivity index is 2.52. The summed E-state index contributed by atoms with van der Waals surface area (Å²) in [6, 6.07) is -0.713. The molecule has 1 N–H and O–H groups in total. The van der Waals surface area contributed by atoms with Crippen LogP contribution in [0, 0.1) is 5.41 Å². The lowest BCUT2D eigenvalue weighted by molar-refractivity contribution is -0.142. The normalized spacial score (nSPS) is 21.6. The lowest BCUT2D eigenvalue weighted by atomic mass is 9.76. The first-order valence-electron chi connectivity index (χ1n) is 7.32. The molecule has 0 saturated carbocycles. The van der Waals surface area contributed by atoms with Gasteiger partial charge in [0.2, 0.25) is 0 Å². The number of aliphatic carboxylic acids is 1. The Kier molecular flexibility index (Phi) is 4.07. The summed E-state index contributed by atoms with van der Waals surface area (Å²) < 4.78 is 1.59. The summed E-state index contributed by atoms with van der Waals surface area (Å²) in [7, 11) is 0. The summed E-state index contributed by atoms with van der Waals surface area (Å²) in [6.45, 7) is 8.24. The van der Waals surface area contributed by atoms with E-state index < -0.39 is 17.4 Å². The van der Waals surface area contributed by atoms with Crippen LogP contribution in [-0.2, 0) is 4.79 Å². The number of hydrogen-bond donors (Lipinski definition) is 1. The first kappa shape index (κ1) is 15.5. The van der Waals surface area contributed by atoms with Crippen molar-refractivity contribution in [3.8, 4) is 0 Å². The van der Waals surface area contributed by atoms with Crippen molar-refractivity contribution in [3.05, 3.63) is 22.7 Å². The number of carboxylic acid groups (broad SMARTS) is 1. The van der Waals surface area contributed by atoms with E-state index in [1.807, 2.05) is 27.7 Å². The number of nitrogens with zero attached hydrogens (tertiary/aromatic N) is 3. The Bertz CT molecular complexity index is 592. The average molecular weight is 293 g/mol. The van der Waals surface area contributed by atoms with Crippen molar-refractivity contribution in [1.29, 1.82) is 0 Å². The van der Waals surface area contributed by atoms with Crippen LogP contribution in [0.15, 0.2) is 17.2 Å². The number of piperidine rings is 1. The van der Waals surface area contributed by atoms with Crippen molar-refractivity contribution < 1.29 is 9.90 Å². The van der Waals surface area contributed by atoms with Crippen molar-refractivity contribution in [2.75, 3.05) is 11.4 Å². The van der Waals surface area contributed by atoms with E-state index >= 15 is 0 Å². The largest absolute Gasteiger partial charge is 0.480 e. The molecule has 1 atom stereocenters. The molecule has 0 radical (unpaired) electrons. The molecule has 1 saturated heterocycles. The third-order valence-electron chi connectivity index (χ3n) is 4.18. The smallest absolute Gasteiger partial charge is 0.326 e. The summed E-state index contributed by atoms with van der Waals surface area (Å²) in [6.07, 6.45) is 4.89. The number of hydrogen-bond acceptors (Lipinski definition) is 4. The third kappa shape index (κ3) is 2.80. The van der Waals surface area contributed by atoms with Gasteiger partial charge in [-0.2, -0.15) is 0 Å². The Hall–Kier alpha value is -1.85. The van der Waals surface area contributed by atoms with Crippen molar-refractivity contribution in [2.24, 2.45) is 5.41 Å². The van der Waals surface area contributed by atoms with Crippen LogP contribution in [0.2, 0.25) is 0 Å². The SMILES string of the molecule is CC(C)n1ccnc(N2CCCC(C)(C)C2C(=O)O)c1=O. The molecule has 0 aromatic carbocycles. The zero-order valence-corrected chi connectivity index (χ0v) is 13.0. The maximum atomic E-state index is 12.6. The number of anilines is 1. The van der Waals surface area contributed by atoms with Crippen LogP contribution in [-0.4, -0.2) is 33.2 Å². The van der Waals surface area contributed by atoms with Gasteiger partial charge in [-0.25, -0.2) is 9.78 Å². The van der Waals surface area contributed by atoms with Gasteiger partial charge in [-0.3, -0.25) is 4.79 Å². The topological polar surface area (TPSA) is 75.4 Å². The predicted octanol–water partition coefficient (Wildman–Crippen LogP) is 1.90. The van der Waals surface area contributed by atoms with Crippen LogP contribution in [0.5, 0.6) is 0 Å². The molecule has 1 aliphatic heterocycles. The first-order chi connectivity index (χ1) is 9.75. The second kappa shape index (κ2) is 5.50. The molecule has 0 spiro atoms. The van der Waals surface area contributed by atoms with Gasteiger partial charge in [0.1, 0.15) is 6.04 Å². The molecule has 1 aliphatic rings. The zero-order valence-electron chi connectivity index (χ0n) is 13.0. The molecule has 1 aromatic rings. The summed E-state index contributed by atoms with van der Waals surface area (Å²) >= 11 is 0. The van der Waals surface area contributed by atoms with Crippen molar-refractivity contribution in [1.82, 2.24) is 9.55 Å². The van der Waals surface area contributed by atoms with Gasteiger partial charge in [0.25, 0.3) is 5.56 Å². The summed E-state index contributed by atoms with van der Waals surface area (Å²) in [4.78, 5) is 30.1. The van der Waals surface area contributed by atoms with Gasteiger partial charge in [-0.05, 0) is 32.1 Å². The molecular weight excluding hydrogens is 270 g/mol. The highest BCUT2D eigenvalue weighted by molar-refractivity contribution is 5.79. The van der Waals surface area contributed by atoms with Crippen molar-refractivity contribution in [3.63, 3.8) is 0 Å². The second-order valence-corrected chi connectivity index (χ2v) is 6.58. The Morgan fingerprint density at radius 1 is 1.48 bits per heavy atom. The first-order valence-corrected chi connectivity index (χ1v) is 7.32. The van der Waals surface area contributed by atoms with Crippen LogP contribution in [0.25, 0.3) is 0 Å². The van der Waals surface area contributed by atoms with Gasteiger partial charge < -0.3 is 14.6 Å². The molecule has 0 amide bonds. The van der Waals surface area contributed by atoms with Crippen molar-refractivity contribution >= 4 is 11.8 Å². The van der Waals surface area contributed by atoms with E-state index in [9.17, 15) is 14.7 Å². The molecule has 0 aliphatic carbocycles. The van der Waals surface area contributed by atoms with E-state index in [0.717, 1.165) is 12.8 Å². The monoisotopic (exact) mass is 293 g/mol. The highest BCUT2D eigenvalue weighted by Gasteiger charge is 2.43. The van der Waals surface area contributed by atoms with E-state index in [2.05, 4.69) is 4.98 Å². The Labute approximate surface area is 124 Å². The highest BCUT2D eigenvalue weighted by Crippen LogP contribution is 2.36. The van der Waals surface area contributed by atoms with Crippen LogP contribution in [0.4, 0.5) is 5.82 Å². The van der Waals surface area contributed by atoms with Crippen LogP contribution in [0.1, 0.15) is 46.6 Å². The number of aromatic nitrogens is 2. The third-order valence-corrected chi connectivity index (χ3v) is 4.18. The number of rotatable bonds is 3. The van der Waals surface area contributed by atoms with E-state index in [4.69, 9.17) is 0 Å². The van der Waals surface area contributed by atoms with Crippen LogP contribution in [0.3, 0.4) is 0 Å².